The maximum Gasteiger partial charge on any atom is 0.278 e. The van der Waals surface area contributed by atoms with Gasteiger partial charge in [-0.2, -0.15) is 0 Å². The Morgan fingerprint density at radius 3 is 2.09 bits per heavy atom. The van der Waals surface area contributed by atoms with Crippen LogP contribution in [0.2, 0.25) is 0 Å². The highest BCUT2D eigenvalue weighted by molar-refractivity contribution is 6.37. The minimum atomic E-state index is -0.468. The summed E-state index contributed by atoms with van der Waals surface area (Å²) in [5.74, 6) is -0.576. The van der Waals surface area contributed by atoms with Gasteiger partial charge in [0.25, 0.3) is 17.5 Å². The number of likely N-dealkylation sites (N-methyl/N-ethyl adjacent to an activating group) is 1. The van der Waals surface area contributed by atoms with Crippen LogP contribution in [0.15, 0.2) is 60.3 Å². The molecule has 0 saturated heterocycles. The third-order valence-corrected chi connectivity index (χ3v) is 6.55. The molecule has 1 aliphatic carbocycles. The van der Waals surface area contributed by atoms with Gasteiger partial charge in [-0.3, -0.25) is 24.6 Å². The summed E-state index contributed by atoms with van der Waals surface area (Å²) >= 11 is 0. The van der Waals surface area contributed by atoms with Crippen molar-refractivity contribution >= 4 is 28.8 Å². The number of benzene rings is 2. The monoisotopic (exact) mass is 447 g/mol. The average Bonchev–Trinajstić information content (AvgIpc) is 3.05. The molecule has 0 atom stereocenters. The summed E-state index contributed by atoms with van der Waals surface area (Å²) in [5.41, 5.74) is 1.98. The van der Waals surface area contributed by atoms with E-state index < -0.39 is 4.92 Å². The highest BCUT2D eigenvalue weighted by Crippen LogP contribution is 2.37. The van der Waals surface area contributed by atoms with Crippen LogP contribution >= 0.6 is 0 Å². The predicted molar refractivity (Wildman–Crippen MR) is 127 cm³/mol. The number of amides is 2. The number of imide groups is 1. The lowest BCUT2D eigenvalue weighted by Gasteiger charge is -2.30. The molecule has 4 rings (SSSR count). The van der Waals surface area contributed by atoms with Crippen LogP contribution < -0.4 is 4.90 Å². The van der Waals surface area contributed by atoms with Gasteiger partial charge in [-0.05, 0) is 49.6 Å². The van der Waals surface area contributed by atoms with Gasteiger partial charge in [0, 0.05) is 30.4 Å². The number of carbonyl (C=O) groups is 2. The molecule has 2 aromatic carbocycles. The smallest absolute Gasteiger partial charge is 0.278 e. The van der Waals surface area contributed by atoms with Crippen LogP contribution in [0.5, 0.6) is 0 Å². The van der Waals surface area contributed by atoms with Crippen LogP contribution in [0.1, 0.15) is 57.4 Å². The Hall–Kier alpha value is -3.48. The van der Waals surface area contributed by atoms with Crippen molar-refractivity contribution < 1.29 is 14.5 Å². The Morgan fingerprint density at radius 2 is 1.52 bits per heavy atom. The first-order valence-corrected chi connectivity index (χ1v) is 11.7. The molecule has 0 N–H and O–H groups in total. The fourth-order valence-electron chi connectivity index (χ4n) is 4.90. The van der Waals surface area contributed by atoms with Crippen molar-refractivity contribution in [3.8, 4) is 0 Å². The van der Waals surface area contributed by atoms with Crippen molar-refractivity contribution in [3.05, 3.63) is 76.0 Å². The molecule has 0 radical (unpaired) electrons. The van der Waals surface area contributed by atoms with Crippen LogP contribution in [0.4, 0.5) is 11.4 Å². The lowest BCUT2D eigenvalue weighted by atomic mass is 9.95. The van der Waals surface area contributed by atoms with Gasteiger partial charge in [0.05, 0.1) is 10.5 Å². The summed E-state index contributed by atoms with van der Waals surface area (Å²) < 4.78 is 0. The largest absolute Gasteiger partial charge is 0.337 e. The normalized spacial score (nSPS) is 17.8. The average molecular weight is 448 g/mol. The second-order valence-electron chi connectivity index (χ2n) is 8.59. The second-order valence-corrected chi connectivity index (χ2v) is 8.59. The standard InChI is InChI=1S/C26H29N3O4/c1-2-27(20-11-9-6-10-12-20)24-23(19-15-17-22(18-16-19)29(32)33)25(30)28(26(24)31)21-13-7-4-3-5-8-14-21/h6,9-12,15-18,21H,2-5,7-8,13-14H2,1H3. The number of nitro groups is 1. The Labute approximate surface area is 193 Å². The van der Waals surface area contributed by atoms with E-state index in [1.54, 1.807) is 12.1 Å². The van der Waals surface area contributed by atoms with Gasteiger partial charge >= 0.3 is 0 Å². The van der Waals surface area contributed by atoms with E-state index in [9.17, 15) is 19.7 Å². The van der Waals surface area contributed by atoms with Gasteiger partial charge in [-0.25, -0.2) is 0 Å². The summed E-state index contributed by atoms with van der Waals surface area (Å²) in [6.07, 6.45) is 7.07. The second kappa shape index (κ2) is 9.98. The van der Waals surface area contributed by atoms with E-state index in [1.807, 2.05) is 42.2 Å². The summed E-state index contributed by atoms with van der Waals surface area (Å²) in [7, 11) is 0. The number of hydrogen-bond donors (Lipinski definition) is 0. The summed E-state index contributed by atoms with van der Waals surface area (Å²) in [4.78, 5) is 41.6. The Bertz CT molecular complexity index is 1050. The lowest BCUT2D eigenvalue weighted by Crippen LogP contribution is -2.43. The number of nitrogens with zero attached hydrogens (tertiary/aromatic N) is 3. The van der Waals surface area contributed by atoms with Gasteiger partial charge in [-0.1, -0.05) is 50.3 Å². The fraction of sp³-hybridized carbons (Fsp3) is 0.385. The Morgan fingerprint density at radius 1 is 0.909 bits per heavy atom. The molecule has 172 valence electrons. The quantitative estimate of drug-likeness (QED) is 0.340. The van der Waals surface area contributed by atoms with Crippen LogP contribution in [-0.2, 0) is 9.59 Å². The zero-order chi connectivity index (χ0) is 23.4. The van der Waals surface area contributed by atoms with Crippen molar-refractivity contribution in [1.82, 2.24) is 4.90 Å². The van der Waals surface area contributed by atoms with E-state index in [1.165, 1.54) is 23.5 Å². The molecule has 0 spiro atoms. The van der Waals surface area contributed by atoms with Crippen molar-refractivity contribution in [1.29, 1.82) is 0 Å². The van der Waals surface area contributed by atoms with E-state index in [2.05, 4.69) is 0 Å². The Balaban J connectivity index is 1.80. The van der Waals surface area contributed by atoms with E-state index in [-0.39, 0.29) is 23.5 Å². The molecule has 1 saturated carbocycles. The number of carbonyl (C=O) groups excluding carboxylic acids is 2. The lowest BCUT2D eigenvalue weighted by molar-refractivity contribution is -0.384. The van der Waals surface area contributed by atoms with Gasteiger partial charge in [-0.15, -0.1) is 0 Å². The molecule has 1 heterocycles. The third-order valence-electron chi connectivity index (χ3n) is 6.55. The molecule has 2 aromatic rings. The molecular weight excluding hydrogens is 418 g/mol. The molecule has 0 unspecified atom stereocenters. The number of hydrogen-bond acceptors (Lipinski definition) is 5. The van der Waals surface area contributed by atoms with E-state index in [4.69, 9.17) is 0 Å². The van der Waals surface area contributed by atoms with E-state index in [0.29, 0.717) is 23.4 Å². The summed E-state index contributed by atoms with van der Waals surface area (Å²) in [5, 5.41) is 11.1. The summed E-state index contributed by atoms with van der Waals surface area (Å²) in [6.45, 7) is 2.46. The van der Waals surface area contributed by atoms with Gasteiger partial charge < -0.3 is 4.90 Å². The molecule has 2 aliphatic rings. The SMILES string of the molecule is CCN(C1=C(c2ccc([N+](=O)[O-])cc2)C(=O)N(C2CCCCCCC2)C1=O)c1ccccc1. The molecule has 7 nitrogen and oxygen atoms in total. The van der Waals surface area contributed by atoms with Crippen molar-refractivity contribution in [2.45, 2.75) is 57.9 Å². The van der Waals surface area contributed by atoms with Gasteiger partial charge in [0.2, 0.25) is 0 Å². The van der Waals surface area contributed by atoms with Gasteiger partial charge in [0.15, 0.2) is 0 Å². The molecule has 2 amide bonds. The van der Waals surface area contributed by atoms with Crippen molar-refractivity contribution in [2.24, 2.45) is 0 Å². The zero-order valence-corrected chi connectivity index (χ0v) is 18.9. The van der Waals surface area contributed by atoms with Crippen LogP contribution in [0, 0.1) is 10.1 Å². The maximum atomic E-state index is 13.8. The molecule has 1 aliphatic heterocycles. The first-order valence-electron chi connectivity index (χ1n) is 11.7. The number of para-hydroxylation sites is 1. The first-order chi connectivity index (χ1) is 16.0. The number of anilines is 1. The van der Waals surface area contributed by atoms with Crippen LogP contribution in [0.3, 0.4) is 0 Å². The van der Waals surface area contributed by atoms with E-state index in [0.717, 1.165) is 44.2 Å². The Kier molecular flexibility index (Phi) is 6.87. The number of rotatable bonds is 6. The third kappa shape index (κ3) is 4.53. The molecule has 0 bridgehead atoms. The van der Waals surface area contributed by atoms with E-state index >= 15 is 0 Å². The fourth-order valence-corrected chi connectivity index (χ4v) is 4.90. The summed E-state index contributed by atoms with van der Waals surface area (Å²) in [6, 6.07) is 15.3. The highest BCUT2D eigenvalue weighted by Gasteiger charge is 2.44. The zero-order valence-electron chi connectivity index (χ0n) is 18.9. The molecule has 33 heavy (non-hydrogen) atoms. The molecular formula is C26H29N3O4. The van der Waals surface area contributed by atoms with Crippen LogP contribution in [-0.4, -0.2) is 34.2 Å². The molecule has 0 aromatic heterocycles. The topological polar surface area (TPSA) is 83.8 Å². The molecule has 1 fully saturated rings. The maximum absolute atomic E-state index is 13.8. The highest BCUT2D eigenvalue weighted by atomic mass is 16.6. The number of nitro benzene ring substituents is 1. The predicted octanol–water partition coefficient (Wildman–Crippen LogP) is 5.31. The minimum absolute atomic E-state index is 0.0510. The van der Waals surface area contributed by atoms with Gasteiger partial charge in [0.1, 0.15) is 5.70 Å². The first kappa shape index (κ1) is 22.7. The number of non-ortho nitro benzene ring substituents is 1. The van der Waals surface area contributed by atoms with Crippen molar-refractivity contribution in [3.63, 3.8) is 0 Å². The minimum Gasteiger partial charge on any atom is -0.337 e. The van der Waals surface area contributed by atoms with Crippen molar-refractivity contribution in [2.75, 3.05) is 11.4 Å². The molecule has 7 heteroatoms. The van der Waals surface area contributed by atoms with Crippen LogP contribution in [0.25, 0.3) is 5.57 Å².